The number of hydrogen-bond acceptors (Lipinski definition) is 3. The molecule has 1 rings (SSSR count). The Hall–Kier alpha value is -1.07. The van der Waals surface area contributed by atoms with Crippen LogP contribution in [-0.2, 0) is 9.92 Å². The van der Waals surface area contributed by atoms with E-state index in [-0.39, 0.29) is 6.04 Å². The SMILES string of the molecule is CCC(C)N=S(=O)(c1ccc(N)cc1)N(C)C. The molecule has 2 N–H and O–H groups in total. The lowest BCUT2D eigenvalue weighted by atomic mass is 10.3. The summed E-state index contributed by atoms with van der Waals surface area (Å²) in [5.41, 5.74) is 6.30. The van der Waals surface area contributed by atoms with Crippen molar-refractivity contribution in [1.82, 2.24) is 4.31 Å². The van der Waals surface area contributed by atoms with Crippen molar-refractivity contribution < 1.29 is 4.21 Å². The van der Waals surface area contributed by atoms with Crippen molar-refractivity contribution in [2.75, 3.05) is 19.8 Å². The molecule has 0 aliphatic rings. The molecule has 2 unspecified atom stereocenters. The fourth-order valence-electron chi connectivity index (χ4n) is 1.33. The number of nitrogen functional groups attached to an aromatic ring is 1. The fourth-order valence-corrected chi connectivity index (χ4v) is 3.19. The van der Waals surface area contributed by atoms with Gasteiger partial charge in [0, 0.05) is 19.8 Å². The van der Waals surface area contributed by atoms with Crippen LogP contribution >= 0.6 is 0 Å². The number of anilines is 1. The molecule has 0 amide bonds. The predicted octanol–water partition coefficient (Wildman–Crippen LogP) is 2.37. The highest BCUT2D eigenvalue weighted by Crippen LogP contribution is 2.19. The van der Waals surface area contributed by atoms with E-state index in [0.717, 1.165) is 6.42 Å². The van der Waals surface area contributed by atoms with E-state index in [4.69, 9.17) is 5.73 Å². The van der Waals surface area contributed by atoms with Gasteiger partial charge in [-0.15, -0.1) is 0 Å². The van der Waals surface area contributed by atoms with Gasteiger partial charge in [-0.25, -0.2) is 12.9 Å². The lowest BCUT2D eigenvalue weighted by molar-refractivity contribution is 0.581. The van der Waals surface area contributed by atoms with Crippen LogP contribution in [0.2, 0.25) is 0 Å². The molecule has 96 valence electrons. The van der Waals surface area contributed by atoms with Crippen LogP contribution in [0.5, 0.6) is 0 Å². The number of nitrogens with zero attached hydrogens (tertiary/aromatic N) is 2. The third-order valence-corrected chi connectivity index (χ3v) is 5.12. The molecule has 0 fully saturated rings. The van der Waals surface area contributed by atoms with Crippen LogP contribution in [-0.4, -0.2) is 28.7 Å². The molecule has 5 heteroatoms. The first-order valence-electron chi connectivity index (χ1n) is 5.69. The maximum Gasteiger partial charge on any atom is 0.139 e. The van der Waals surface area contributed by atoms with E-state index >= 15 is 0 Å². The lowest BCUT2D eigenvalue weighted by Crippen LogP contribution is -2.23. The zero-order valence-corrected chi connectivity index (χ0v) is 11.7. The Labute approximate surface area is 104 Å². The first-order valence-corrected chi connectivity index (χ1v) is 7.16. The van der Waals surface area contributed by atoms with Gasteiger partial charge in [-0.3, -0.25) is 0 Å². The fraction of sp³-hybridized carbons (Fsp3) is 0.500. The Kier molecular flexibility index (Phi) is 4.54. The largest absolute Gasteiger partial charge is 0.399 e. The molecular formula is C12H21N3OS. The third-order valence-electron chi connectivity index (χ3n) is 2.60. The van der Waals surface area contributed by atoms with E-state index in [1.54, 1.807) is 42.7 Å². The van der Waals surface area contributed by atoms with Crippen molar-refractivity contribution in [3.05, 3.63) is 24.3 Å². The number of benzene rings is 1. The second kappa shape index (κ2) is 5.51. The summed E-state index contributed by atoms with van der Waals surface area (Å²) in [6, 6.07) is 7.14. The van der Waals surface area contributed by atoms with E-state index in [0.29, 0.717) is 10.6 Å². The van der Waals surface area contributed by atoms with Gasteiger partial charge in [0.2, 0.25) is 0 Å². The minimum absolute atomic E-state index is 0.0717. The second-order valence-electron chi connectivity index (χ2n) is 4.24. The maximum absolute atomic E-state index is 12.9. The molecule has 0 aliphatic heterocycles. The zero-order valence-electron chi connectivity index (χ0n) is 10.9. The highest BCUT2D eigenvalue weighted by Gasteiger charge is 2.16. The minimum Gasteiger partial charge on any atom is -0.399 e. The van der Waals surface area contributed by atoms with Gasteiger partial charge >= 0.3 is 0 Å². The molecule has 1 aromatic rings. The monoisotopic (exact) mass is 255 g/mol. The Balaban J connectivity index is 3.31. The summed E-state index contributed by atoms with van der Waals surface area (Å²) in [4.78, 5) is 0.706. The van der Waals surface area contributed by atoms with Gasteiger partial charge in [-0.1, -0.05) is 6.92 Å². The van der Waals surface area contributed by atoms with E-state index in [2.05, 4.69) is 4.36 Å². The van der Waals surface area contributed by atoms with E-state index in [9.17, 15) is 4.21 Å². The Morgan fingerprint density at radius 1 is 1.35 bits per heavy atom. The van der Waals surface area contributed by atoms with Gasteiger partial charge in [-0.05, 0) is 37.6 Å². The number of nitrogens with two attached hydrogens (primary N) is 1. The highest BCUT2D eigenvalue weighted by molar-refractivity contribution is 7.91. The van der Waals surface area contributed by atoms with Crippen LogP contribution in [0.15, 0.2) is 33.5 Å². The maximum atomic E-state index is 12.9. The van der Waals surface area contributed by atoms with Crippen LogP contribution < -0.4 is 5.73 Å². The van der Waals surface area contributed by atoms with Crippen molar-refractivity contribution in [2.24, 2.45) is 4.36 Å². The van der Waals surface area contributed by atoms with Crippen LogP contribution in [0.3, 0.4) is 0 Å². The molecule has 0 aliphatic carbocycles. The molecule has 0 saturated heterocycles. The summed E-state index contributed by atoms with van der Waals surface area (Å²) in [5, 5.41) is 0. The molecule has 4 nitrogen and oxygen atoms in total. The lowest BCUT2D eigenvalue weighted by Gasteiger charge is -2.19. The average molecular weight is 255 g/mol. The quantitative estimate of drug-likeness (QED) is 0.840. The van der Waals surface area contributed by atoms with Gasteiger partial charge in [0.15, 0.2) is 0 Å². The zero-order chi connectivity index (χ0) is 13.1. The third kappa shape index (κ3) is 3.20. The van der Waals surface area contributed by atoms with Crippen molar-refractivity contribution in [3.63, 3.8) is 0 Å². The van der Waals surface area contributed by atoms with Crippen molar-refractivity contribution in [2.45, 2.75) is 31.2 Å². The topological polar surface area (TPSA) is 58.7 Å². The van der Waals surface area contributed by atoms with Gasteiger partial charge in [-0.2, -0.15) is 0 Å². The average Bonchev–Trinajstić information content (AvgIpc) is 2.29. The van der Waals surface area contributed by atoms with Crippen LogP contribution in [0.25, 0.3) is 0 Å². The molecule has 0 aromatic heterocycles. The number of hydrogen-bond donors (Lipinski definition) is 1. The predicted molar refractivity (Wildman–Crippen MR) is 73.1 cm³/mol. The first-order chi connectivity index (χ1) is 7.90. The number of rotatable bonds is 4. The van der Waals surface area contributed by atoms with Crippen LogP contribution in [0, 0.1) is 0 Å². The Morgan fingerprint density at radius 3 is 2.29 bits per heavy atom. The standard InChI is InChI=1S/C12H21N3OS/c1-5-10(2)14-17(16,15(3)4)12-8-6-11(13)7-9-12/h6-10H,5,13H2,1-4H3. The van der Waals surface area contributed by atoms with Gasteiger partial charge < -0.3 is 5.73 Å². The smallest absolute Gasteiger partial charge is 0.139 e. The van der Waals surface area contributed by atoms with Gasteiger partial charge in [0.25, 0.3) is 0 Å². The molecule has 0 bridgehead atoms. The van der Waals surface area contributed by atoms with Crippen molar-refractivity contribution in [1.29, 1.82) is 0 Å². The highest BCUT2D eigenvalue weighted by atomic mass is 32.2. The molecule has 0 heterocycles. The summed E-state index contributed by atoms with van der Waals surface area (Å²) >= 11 is 0. The molecule has 0 spiro atoms. The van der Waals surface area contributed by atoms with Crippen molar-refractivity contribution in [3.8, 4) is 0 Å². The Morgan fingerprint density at radius 2 is 1.88 bits per heavy atom. The minimum atomic E-state index is -2.51. The van der Waals surface area contributed by atoms with Gasteiger partial charge in [0.1, 0.15) is 9.92 Å². The van der Waals surface area contributed by atoms with E-state index in [1.807, 2.05) is 13.8 Å². The molecule has 1 aromatic carbocycles. The summed E-state index contributed by atoms with van der Waals surface area (Å²) in [5.74, 6) is 0. The van der Waals surface area contributed by atoms with Crippen LogP contribution in [0.1, 0.15) is 20.3 Å². The molecule has 2 atom stereocenters. The first kappa shape index (κ1) is 14.0. The van der Waals surface area contributed by atoms with Crippen LogP contribution in [0.4, 0.5) is 5.69 Å². The summed E-state index contributed by atoms with van der Waals surface area (Å²) in [7, 11) is 1.05. The summed E-state index contributed by atoms with van der Waals surface area (Å²) in [6.07, 6.45) is 0.875. The van der Waals surface area contributed by atoms with E-state index < -0.39 is 9.92 Å². The molecule has 0 saturated carbocycles. The van der Waals surface area contributed by atoms with Crippen molar-refractivity contribution >= 4 is 15.6 Å². The van der Waals surface area contributed by atoms with E-state index in [1.165, 1.54) is 0 Å². The molecule has 17 heavy (non-hydrogen) atoms. The summed E-state index contributed by atoms with van der Waals surface area (Å²) < 4.78 is 19.0. The molecule has 0 radical (unpaired) electrons. The summed E-state index contributed by atoms with van der Waals surface area (Å²) in [6.45, 7) is 4.01. The normalized spacial score (nSPS) is 16.5. The molecular weight excluding hydrogens is 234 g/mol. The Bertz CT molecular complexity index is 473. The second-order valence-corrected chi connectivity index (χ2v) is 6.65. The van der Waals surface area contributed by atoms with Gasteiger partial charge in [0.05, 0.1) is 10.9 Å².